The molecular weight excluding hydrogens is 348 g/mol. The van der Waals surface area contributed by atoms with Crippen LogP contribution in [0.4, 0.5) is 0 Å². The molecule has 1 N–H and O–H groups in total. The molecule has 0 saturated carbocycles. The number of amides is 1. The van der Waals surface area contributed by atoms with Crippen molar-refractivity contribution in [3.05, 3.63) is 71.4 Å². The number of hydrogen-bond acceptors (Lipinski definition) is 3. The summed E-state index contributed by atoms with van der Waals surface area (Å²) in [6.45, 7) is 9.92. The maximum atomic E-state index is 12.4. The summed E-state index contributed by atoms with van der Waals surface area (Å²) in [6, 6.07) is 9.94. The smallest absolute Gasteiger partial charge is 0.252 e. The Morgan fingerprint density at radius 3 is 2.68 bits per heavy atom. The number of aryl methyl sites for hydroxylation is 2. The second kappa shape index (κ2) is 8.83. The predicted molar refractivity (Wildman–Crippen MR) is 112 cm³/mol. The van der Waals surface area contributed by atoms with Gasteiger partial charge in [0.1, 0.15) is 5.82 Å². The number of rotatable bonds is 7. The number of hydrogen-bond donors (Lipinski definition) is 1. The fourth-order valence-corrected chi connectivity index (χ4v) is 3.28. The van der Waals surface area contributed by atoms with Crippen LogP contribution in [0.3, 0.4) is 0 Å². The summed E-state index contributed by atoms with van der Waals surface area (Å²) in [5, 5.41) is 2.98. The van der Waals surface area contributed by atoms with Crippen LogP contribution in [-0.4, -0.2) is 27.0 Å². The van der Waals surface area contributed by atoms with Crippen molar-refractivity contribution in [2.24, 2.45) is 0 Å². The van der Waals surface area contributed by atoms with E-state index >= 15 is 0 Å². The summed E-state index contributed by atoms with van der Waals surface area (Å²) in [5.41, 5.74) is 5.03. The molecule has 3 aromatic rings. The quantitative estimate of drug-likeness (QED) is 0.617. The molecule has 1 amide bonds. The van der Waals surface area contributed by atoms with E-state index in [1.165, 1.54) is 11.1 Å². The normalized spacial score (nSPS) is 11.0. The van der Waals surface area contributed by atoms with E-state index in [0.717, 1.165) is 30.0 Å². The van der Waals surface area contributed by atoms with Crippen LogP contribution in [-0.2, 0) is 6.54 Å². The zero-order valence-electron chi connectivity index (χ0n) is 17.1. The van der Waals surface area contributed by atoms with Crippen molar-refractivity contribution in [2.45, 2.75) is 46.6 Å². The number of nitrogens with one attached hydrogen (secondary N) is 1. The Morgan fingerprint density at radius 2 is 1.96 bits per heavy atom. The van der Waals surface area contributed by atoms with Gasteiger partial charge < -0.3 is 9.88 Å². The van der Waals surface area contributed by atoms with E-state index in [0.29, 0.717) is 18.0 Å². The molecule has 0 saturated heterocycles. The van der Waals surface area contributed by atoms with Crippen LogP contribution in [0.1, 0.15) is 53.5 Å². The Morgan fingerprint density at radius 1 is 1.14 bits per heavy atom. The second-order valence-corrected chi connectivity index (χ2v) is 7.42. The molecule has 0 aliphatic rings. The van der Waals surface area contributed by atoms with Gasteiger partial charge in [0.25, 0.3) is 5.91 Å². The van der Waals surface area contributed by atoms with Gasteiger partial charge in [-0.2, -0.15) is 0 Å². The first-order valence-electron chi connectivity index (χ1n) is 9.79. The summed E-state index contributed by atoms with van der Waals surface area (Å²) in [6.07, 6.45) is 6.33. The summed E-state index contributed by atoms with van der Waals surface area (Å²) in [7, 11) is 0. The Balaban J connectivity index is 1.55. The van der Waals surface area contributed by atoms with E-state index in [4.69, 9.17) is 0 Å². The van der Waals surface area contributed by atoms with Gasteiger partial charge in [0.15, 0.2) is 0 Å². The fraction of sp³-hybridized carbons (Fsp3) is 0.348. The molecule has 0 atom stereocenters. The largest absolute Gasteiger partial charge is 0.352 e. The molecule has 0 aliphatic carbocycles. The van der Waals surface area contributed by atoms with Crippen LogP contribution in [0.5, 0.6) is 0 Å². The molecule has 146 valence electrons. The highest BCUT2D eigenvalue weighted by Gasteiger charge is 2.10. The third-order valence-electron chi connectivity index (χ3n) is 5.03. The van der Waals surface area contributed by atoms with Crippen molar-refractivity contribution in [1.82, 2.24) is 19.9 Å². The first kappa shape index (κ1) is 19.8. The number of aromatic nitrogens is 3. The lowest BCUT2D eigenvalue weighted by Gasteiger charge is -2.11. The number of nitrogens with zero attached hydrogens (tertiary/aromatic N) is 3. The average molecular weight is 377 g/mol. The maximum Gasteiger partial charge on any atom is 0.252 e. The molecule has 0 radical (unpaired) electrons. The molecule has 0 aliphatic heterocycles. The predicted octanol–water partition coefficient (Wildman–Crippen LogP) is 4.51. The van der Waals surface area contributed by atoms with Gasteiger partial charge in [-0.15, -0.1) is 0 Å². The van der Waals surface area contributed by atoms with Gasteiger partial charge in [-0.3, -0.25) is 9.78 Å². The van der Waals surface area contributed by atoms with E-state index in [-0.39, 0.29) is 5.91 Å². The van der Waals surface area contributed by atoms with E-state index < -0.39 is 0 Å². The highest BCUT2D eigenvalue weighted by Crippen LogP contribution is 2.23. The molecule has 5 heteroatoms. The van der Waals surface area contributed by atoms with Crippen LogP contribution >= 0.6 is 0 Å². The van der Waals surface area contributed by atoms with Crippen LogP contribution in [0.2, 0.25) is 0 Å². The van der Waals surface area contributed by atoms with Gasteiger partial charge in [0.2, 0.25) is 0 Å². The lowest BCUT2D eigenvalue weighted by atomic mass is 10.0. The Bertz CT molecular complexity index is 941. The first-order chi connectivity index (χ1) is 13.5. The molecule has 0 spiro atoms. The van der Waals surface area contributed by atoms with Crippen LogP contribution < -0.4 is 5.32 Å². The fourth-order valence-electron chi connectivity index (χ4n) is 3.28. The third-order valence-corrected chi connectivity index (χ3v) is 5.03. The Hall–Kier alpha value is -2.95. The van der Waals surface area contributed by atoms with Crippen molar-refractivity contribution in [3.8, 4) is 11.3 Å². The Kier molecular flexibility index (Phi) is 6.24. The van der Waals surface area contributed by atoms with Gasteiger partial charge >= 0.3 is 0 Å². The molecule has 5 nitrogen and oxygen atoms in total. The minimum atomic E-state index is -0.0882. The number of imidazole rings is 1. The van der Waals surface area contributed by atoms with Crippen molar-refractivity contribution in [3.63, 3.8) is 0 Å². The number of carbonyl (C=O) groups is 1. The number of carbonyl (C=O) groups excluding carboxylic acids is 1. The summed E-state index contributed by atoms with van der Waals surface area (Å²) < 4.78 is 2.15. The number of pyridine rings is 1. The van der Waals surface area contributed by atoms with Gasteiger partial charge in [-0.05, 0) is 43.5 Å². The SMILES string of the molecule is Cc1cccc(-c2ccc(C(=O)NCCCn3ccnc3C(C)C)cn2)c1C. The maximum absolute atomic E-state index is 12.4. The molecule has 0 bridgehead atoms. The lowest BCUT2D eigenvalue weighted by molar-refractivity contribution is 0.0952. The second-order valence-electron chi connectivity index (χ2n) is 7.42. The van der Waals surface area contributed by atoms with Gasteiger partial charge in [-0.1, -0.05) is 32.0 Å². The summed E-state index contributed by atoms with van der Waals surface area (Å²) >= 11 is 0. The van der Waals surface area contributed by atoms with Crippen LogP contribution in [0.15, 0.2) is 48.9 Å². The molecule has 2 heterocycles. The number of benzene rings is 1. The van der Waals surface area contributed by atoms with E-state index in [1.54, 1.807) is 6.20 Å². The highest BCUT2D eigenvalue weighted by molar-refractivity contribution is 5.94. The van der Waals surface area contributed by atoms with Crippen LogP contribution in [0.25, 0.3) is 11.3 Å². The topological polar surface area (TPSA) is 59.8 Å². The molecular formula is C23H28N4O. The van der Waals surface area contributed by atoms with Crippen molar-refractivity contribution >= 4 is 5.91 Å². The van der Waals surface area contributed by atoms with E-state index in [2.05, 4.69) is 59.7 Å². The average Bonchev–Trinajstić information content (AvgIpc) is 3.16. The van der Waals surface area contributed by atoms with Gasteiger partial charge in [0.05, 0.1) is 11.3 Å². The molecule has 0 unspecified atom stereocenters. The standard InChI is InChI=1S/C23H28N4O/c1-16(2)22-24-12-14-27(22)13-6-11-25-23(28)19-9-10-21(26-15-19)20-8-5-7-17(3)18(20)4/h5,7-10,12,14-16H,6,11,13H2,1-4H3,(H,25,28). The molecule has 3 rings (SSSR count). The lowest BCUT2D eigenvalue weighted by Crippen LogP contribution is -2.25. The summed E-state index contributed by atoms with van der Waals surface area (Å²) in [4.78, 5) is 21.3. The van der Waals surface area contributed by atoms with Crippen LogP contribution in [0, 0.1) is 13.8 Å². The zero-order chi connectivity index (χ0) is 20.1. The molecule has 0 fully saturated rings. The first-order valence-corrected chi connectivity index (χ1v) is 9.79. The van der Waals surface area contributed by atoms with Crippen molar-refractivity contribution in [2.75, 3.05) is 6.54 Å². The van der Waals surface area contributed by atoms with Gasteiger partial charge in [-0.25, -0.2) is 4.98 Å². The minimum absolute atomic E-state index is 0.0882. The third kappa shape index (κ3) is 4.47. The van der Waals surface area contributed by atoms with Crippen molar-refractivity contribution < 1.29 is 4.79 Å². The summed E-state index contributed by atoms with van der Waals surface area (Å²) in [5.74, 6) is 1.39. The van der Waals surface area contributed by atoms with E-state index in [9.17, 15) is 4.79 Å². The zero-order valence-corrected chi connectivity index (χ0v) is 17.1. The van der Waals surface area contributed by atoms with E-state index in [1.807, 2.05) is 30.6 Å². The monoisotopic (exact) mass is 376 g/mol. The Labute approximate surface area is 166 Å². The van der Waals surface area contributed by atoms with Gasteiger partial charge in [0, 0.05) is 43.2 Å². The molecule has 1 aromatic carbocycles. The molecule has 2 aromatic heterocycles. The highest BCUT2D eigenvalue weighted by atomic mass is 16.1. The molecule has 28 heavy (non-hydrogen) atoms. The van der Waals surface area contributed by atoms with Crippen molar-refractivity contribution in [1.29, 1.82) is 0 Å². The minimum Gasteiger partial charge on any atom is -0.352 e.